The fraction of sp³-hybridized carbons (Fsp3) is 0.583. The Hall–Kier alpha value is -2.81. The van der Waals surface area contributed by atoms with Gasteiger partial charge in [0.25, 0.3) is 0 Å². The largest absolute Gasteiger partial charge is 0.472 e. The van der Waals surface area contributed by atoms with Gasteiger partial charge in [0.1, 0.15) is 30.4 Å². The number of nitrogens with zero attached hydrogens (tertiary/aromatic N) is 2. The first-order valence-corrected chi connectivity index (χ1v) is 11.4. The van der Waals surface area contributed by atoms with Gasteiger partial charge in [0.05, 0.1) is 11.6 Å². The zero-order chi connectivity index (χ0) is 25.7. The molecule has 1 aliphatic rings. The first-order valence-electron chi connectivity index (χ1n) is 11.1. The molecular weight excluding hydrogens is 462 g/mol. The van der Waals surface area contributed by atoms with Crippen LogP contribution in [-0.2, 0) is 19.1 Å². The number of hydrogen-bond donors (Lipinski definition) is 1. The Morgan fingerprint density at radius 1 is 1.26 bits per heavy atom. The van der Waals surface area contributed by atoms with Gasteiger partial charge in [-0.1, -0.05) is 45.0 Å². The molecule has 2 heterocycles. The number of alkyl carbamates (subject to hydrolysis) is 1. The molecule has 0 spiro atoms. The zero-order valence-corrected chi connectivity index (χ0v) is 21.3. The number of ether oxygens (including phenoxy) is 3. The minimum atomic E-state index is -0.954. The van der Waals surface area contributed by atoms with Crippen LogP contribution in [0.25, 0.3) is 0 Å². The summed E-state index contributed by atoms with van der Waals surface area (Å²) in [7, 11) is 0. The Labute approximate surface area is 205 Å². The second kappa shape index (κ2) is 11.1. The van der Waals surface area contributed by atoms with Crippen LogP contribution in [0.5, 0.6) is 5.88 Å². The predicted octanol–water partition coefficient (Wildman–Crippen LogP) is 3.75. The fourth-order valence-electron chi connectivity index (χ4n) is 3.43. The fourth-order valence-corrected chi connectivity index (χ4v) is 3.54. The summed E-state index contributed by atoms with van der Waals surface area (Å²) in [6.45, 7) is 14.3. The van der Waals surface area contributed by atoms with Crippen LogP contribution in [0.3, 0.4) is 0 Å². The average molecular weight is 496 g/mol. The van der Waals surface area contributed by atoms with E-state index in [4.69, 9.17) is 25.8 Å². The highest BCUT2D eigenvalue weighted by molar-refractivity contribution is 6.30. The number of carbonyl (C=O) groups is 3. The average Bonchev–Trinajstić information content (AvgIpc) is 3.13. The van der Waals surface area contributed by atoms with Crippen molar-refractivity contribution in [3.8, 4) is 5.88 Å². The lowest BCUT2D eigenvalue weighted by Gasteiger charge is -2.35. The van der Waals surface area contributed by atoms with Crippen LogP contribution in [0.4, 0.5) is 4.79 Å². The van der Waals surface area contributed by atoms with E-state index in [0.29, 0.717) is 10.9 Å². The summed E-state index contributed by atoms with van der Waals surface area (Å²) >= 11 is 5.88. The molecule has 3 atom stereocenters. The molecule has 0 aliphatic carbocycles. The highest BCUT2D eigenvalue weighted by Gasteiger charge is 2.46. The van der Waals surface area contributed by atoms with Gasteiger partial charge in [-0.2, -0.15) is 0 Å². The summed E-state index contributed by atoms with van der Waals surface area (Å²) in [6.07, 6.45) is 1.87. The quantitative estimate of drug-likeness (QED) is 0.453. The number of likely N-dealkylation sites (tertiary alicyclic amines) is 1. The minimum absolute atomic E-state index is 0.0144. The van der Waals surface area contributed by atoms with Gasteiger partial charge < -0.3 is 24.4 Å². The maximum absolute atomic E-state index is 13.7. The lowest BCUT2D eigenvalue weighted by atomic mass is 9.85. The van der Waals surface area contributed by atoms with Gasteiger partial charge in [-0.05, 0) is 32.3 Å². The number of pyridine rings is 1. The Morgan fingerprint density at radius 2 is 1.94 bits per heavy atom. The molecule has 1 saturated heterocycles. The van der Waals surface area contributed by atoms with E-state index in [0.717, 1.165) is 0 Å². The van der Waals surface area contributed by atoms with Crippen molar-refractivity contribution in [2.45, 2.75) is 71.8 Å². The van der Waals surface area contributed by atoms with E-state index in [1.807, 2.05) is 20.8 Å². The van der Waals surface area contributed by atoms with Crippen molar-refractivity contribution in [3.05, 3.63) is 36.0 Å². The molecule has 2 amide bonds. The van der Waals surface area contributed by atoms with Crippen LogP contribution in [0.2, 0.25) is 5.02 Å². The molecule has 1 aliphatic heterocycles. The summed E-state index contributed by atoms with van der Waals surface area (Å²) in [5.74, 6) is -0.691. The van der Waals surface area contributed by atoms with Crippen molar-refractivity contribution in [1.29, 1.82) is 0 Å². The molecule has 2 rings (SSSR count). The third-order valence-corrected chi connectivity index (χ3v) is 5.15. The van der Waals surface area contributed by atoms with Crippen molar-refractivity contribution in [2.24, 2.45) is 5.41 Å². The van der Waals surface area contributed by atoms with Gasteiger partial charge in [-0.25, -0.2) is 14.6 Å². The van der Waals surface area contributed by atoms with Crippen molar-refractivity contribution in [3.63, 3.8) is 0 Å². The predicted molar refractivity (Wildman–Crippen MR) is 128 cm³/mol. The number of esters is 1. The summed E-state index contributed by atoms with van der Waals surface area (Å²) < 4.78 is 16.5. The van der Waals surface area contributed by atoms with E-state index in [-0.39, 0.29) is 19.6 Å². The van der Waals surface area contributed by atoms with E-state index in [2.05, 4.69) is 16.9 Å². The molecule has 1 aromatic heterocycles. The van der Waals surface area contributed by atoms with Gasteiger partial charge in [-0.15, -0.1) is 0 Å². The summed E-state index contributed by atoms with van der Waals surface area (Å²) in [5, 5.41) is 3.14. The molecule has 0 saturated carbocycles. The van der Waals surface area contributed by atoms with Crippen molar-refractivity contribution >= 4 is 29.6 Å². The monoisotopic (exact) mass is 495 g/mol. The highest BCUT2D eigenvalue weighted by Crippen LogP contribution is 2.29. The van der Waals surface area contributed by atoms with E-state index in [9.17, 15) is 14.4 Å². The topological polar surface area (TPSA) is 107 Å². The number of hydrogen-bond acceptors (Lipinski definition) is 7. The third kappa shape index (κ3) is 7.90. The molecule has 34 heavy (non-hydrogen) atoms. The maximum atomic E-state index is 13.7. The second-order valence-corrected chi connectivity index (χ2v) is 10.6. The van der Waals surface area contributed by atoms with Gasteiger partial charge in [0, 0.05) is 18.7 Å². The normalized spacial score (nSPS) is 19.2. The van der Waals surface area contributed by atoms with Crippen molar-refractivity contribution in [2.75, 3.05) is 13.2 Å². The van der Waals surface area contributed by atoms with Crippen LogP contribution in [0.1, 0.15) is 48.0 Å². The smallest absolute Gasteiger partial charge is 0.408 e. The number of nitrogens with one attached hydrogen (secondary N) is 1. The third-order valence-electron chi connectivity index (χ3n) is 4.92. The van der Waals surface area contributed by atoms with Gasteiger partial charge >= 0.3 is 12.1 Å². The molecule has 9 nitrogen and oxygen atoms in total. The molecule has 1 aromatic rings. The van der Waals surface area contributed by atoms with E-state index < -0.39 is 47.2 Å². The van der Waals surface area contributed by atoms with E-state index in [1.54, 1.807) is 32.9 Å². The molecule has 1 fully saturated rings. The molecule has 0 unspecified atom stereocenters. The van der Waals surface area contributed by atoms with E-state index in [1.165, 1.54) is 17.2 Å². The maximum Gasteiger partial charge on any atom is 0.408 e. The summed E-state index contributed by atoms with van der Waals surface area (Å²) in [4.78, 5) is 44.4. The van der Waals surface area contributed by atoms with Crippen molar-refractivity contribution < 1.29 is 28.6 Å². The molecular formula is C24H34ClN3O6. The number of rotatable bonds is 7. The number of halogens is 1. The van der Waals surface area contributed by atoms with Crippen LogP contribution in [0.15, 0.2) is 31.0 Å². The van der Waals surface area contributed by atoms with Gasteiger partial charge in [-0.3, -0.25) is 4.79 Å². The first-order chi connectivity index (χ1) is 15.7. The standard InChI is InChI=1S/C24H34ClN3O6/c1-8-11-32-21(30)17-12-16(33-18-10-9-15(25)13-26-18)14-28(17)20(29)19(23(2,3)4)27-22(31)34-24(5,6)7/h8-10,13,16-17,19H,1,11-12,14H2,2-7H3,(H,27,31)/t16-,17+,19-/m1/s1. The second-order valence-electron chi connectivity index (χ2n) is 10.2. The molecule has 1 N–H and O–H groups in total. The van der Waals surface area contributed by atoms with Crippen LogP contribution in [0, 0.1) is 5.41 Å². The molecule has 0 bridgehead atoms. The molecule has 10 heteroatoms. The molecule has 188 valence electrons. The number of amides is 2. The van der Waals surface area contributed by atoms with Crippen molar-refractivity contribution in [1.82, 2.24) is 15.2 Å². The number of carbonyl (C=O) groups excluding carboxylic acids is 3. The van der Waals surface area contributed by atoms with Gasteiger partial charge in [0.15, 0.2) is 0 Å². The Kier molecular flexibility index (Phi) is 8.94. The lowest BCUT2D eigenvalue weighted by molar-refractivity contribution is -0.153. The lowest BCUT2D eigenvalue weighted by Crippen LogP contribution is -2.57. The number of aromatic nitrogens is 1. The highest BCUT2D eigenvalue weighted by atomic mass is 35.5. The Bertz CT molecular complexity index is 891. The first kappa shape index (κ1) is 27.4. The molecule has 0 radical (unpaired) electrons. The van der Waals surface area contributed by atoms with Crippen LogP contribution in [-0.4, -0.2) is 64.8 Å². The zero-order valence-electron chi connectivity index (χ0n) is 20.6. The summed E-state index contributed by atoms with van der Waals surface area (Å²) in [5.41, 5.74) is -1.40. The van der Waals surface area contributed by atoms with Gasteiger partial charge in [0.2, 0.25) is 11.8 Å². The Balaban J connectivity index is 2.27. The van der Waals surface area contributed by atoms with E-state index >= 15 is 0 Å². The minimum Gasteiger partial charge on any atom is -0.472 e. The summed E-state index contributed by atoms with van der Waals surface area (Å²) in [6, 6.07) is 1.40. The molecule has 0 aromatic carbocycles. The van der Waals surface area contributed by atoms with Crippen LogP contribution < -0.4 is 10.1 Å². The Morgan fingerprint density at radius 3 is 2.47 bits per heavy atom. The van der Waals surface area contributed by atoms with Crippen LogP contribution >= 0.6 is 11.6 Å². The SMILES string of the molecule is C=CCOC(=O)[C@@H]1C[C@@H](Oc2ccc(Cl)cn2)CN1C(=O)[C@@H](NC(=O)OC(C)(C)C)C(C)(C)C.